The fourth-order valence-corrected chi connectivity index (χ4v) is 6.83. The van der Waals surface area contributed by atoms with Crippen LogP contribution in [0.3, 0.4) is 0 Å². The molecule has 304 valence electrons. The van der Waals surface area contributed by atoms with E-state index in [2.05, 4.69) is 6.92 Å². The molecule has 1 aliphatic rings. The second-order valence-corrected chi connectivity index (χ2v) is 14.7. The maximum Gasteiger partial charge on any atom is 0.305 e. The second kappa shape index (κ2) is 27.4. The van der Waals surface area contributed by atoms with Crippen molar-refractivity contribution < 1.29 is 43.4 Å². The highest BCUT2D eigenvalue weighted by molar-refractivity contribution is 5.69. The van der Waals surface area contributed by atoms with Gasteiger partial charge in [-0.2, -0.15) is 0 Å². The Labute approximate surface area is 329 Å². The van der Waals surface area contributed by atoms with Crippen LogP contribution in [0.25, 0.3) is 0 Å². The van der Waals surface area contributed by atoms with E-state index >= 15 is 0 Å². The molecule has 0 aromatic heterocycles. The van der Waals surface area contributed by atoms with Crippen LogP contribution in [-0.4, -0.2) is 72.8 Å². The van der Waals surface area contributed by atoms with Gasteiger partial charge in [-0.15, -0.1) is 0 Å². The highest BCUT2D eigenvalue weighted by Gasteiger charge is 2.49. The van der Waals surface area contributed by atoms with Gasteiger partial charge in [-0.05, 0) is 23.1 Å². The molecule has 3 aromatic rings. The zero-order chi connectivity index (χ0) is 38.8. The molecule has 3 aromatic carbocycles. The zero-order valence-electron chi connectivity index (χ0n) is 33.0. The Morgan fingerprint density at radius 3 is 1.49 bits per heavy atom. The summed E-state index contributed by atoms with van der Waals surface area (Å²) in [5.74, 6) is -0.326. The molecule has 1 aliphatic heterocycles. The number of rotatable bonds is 29. The summed E-state index contributed by atoms with van der Waals surface area (Å²) in [6, 6.07) is 29.3. The van der Waals surface area contributed by atoms with E-state index in [9.17, 15) is 15.0 Å². The molecular formula is C46H66O9. The van der Waals surface area contributed by atoms with Gasteiger partial charge in [0.1, 0.15) is 37.1 Å². The second-order valence-electron chi connectivity index (χ2n) is 14.7. The summed E-state index contributed by atoms with van der Waals surface area (Å²) < 4.78 is 37.3. The maximum absolute atomic E-state index is 12.5. The van der Waals surface area contributed by atoms with Gasteiger partial charge in [-0.3, -0.25) is 4.79 Å². The van der Waals surface area contributed by atoms with E-state index in [0.29, 0.717) is 6.42 Å². The number of carbonyl (C=O) groups is 1. The number of carbonyl (C=O) groups excluding carboxylic acids is 1. The fourth-order valence-electron chi connectivity index (χ4n) is 6.83. The first-order valence-electron chi connectivity index (χ1n) is 20.8. The molecule has 4 rings (SSSR count). The van der Waals surface area contributed by atoms with Crippen molar-refractivity contribution in [1.82, 2.24) is 0 Å². The first-order chi connectivity index (χ1) is 27.1. The average molecular weight is 763 g/mol. The average Bonchev–Trinajstić information content (AvgIpc) is 3.22. The topological polar surface area (TPSA) is 113 Å². The molecule has 1 heterocycles. The maximum atomic E-state index is 12.5. The van der Waals surface area contributed by atoms with Crippen LogP contribution in [0, 0.1) is 0 Å². The third-order valence-corrected chi connectivity index (χ3v) is 10.0. The zero-order valence-corrected chi connectivity index (χ0v) is 33.0. The number of aliphatic hydroxyl groups is 2. The Morgan fingerprint density at radius 2 is 1.02 bits per heavy atom. The smallest absolute Gasteiger partial charge is 0.305 e. The summed E-state index contributed by atoms with van der Waals surface area (Å²) in [5.41, 5.74) is 2.88. The molecule has 2 N–H and O–H groups in total. The van der Waals surface area contributed by atoms with Crippen LogP contribution in [0.2, 0.25) is 0 Å². The quantitative estimate of drug-likeness (QED) is 0.0529. The molecule has 1 fully saturated rings. The largest absolute Gasteiger partial charge is 0.463 e. The van der Waals surface area contributed by atoms with Crippen molar-refractivity contribution in [3.05, 3.63) is 108 Å². The Bertz CT molecular complexity index is 1380. The number of hydrogen-bond acceptors (Lipinski definition) is 9. The van der Waals surface area contributed by atoms with Crippen molar-refractivity contribution in [3.63, 3.8) is 0 Å². The molecule has 0 radical (unpaired) electrons. The first-order valence-corrected chi connectivity index (χ1v) is 20.8. The van der Waals surface area contributed by atoms with E-state index in [0.717, 1.165) is 36.0 Å². The van der Waals surface area contributed by atoms with E-state index in [1.807, 2.05) is 91.0 Å². The van der Waals surface area contributed by atoms with Crippen molar-refractivity contribution in [3.8, 4) is 0 Å². The SMILES string of the molecule is CCCCCCCCCCCCCCCC(=O)OC[C@@H](O)CO[C@H]1O[C@H](CO)[C@@H](OCc2ccccc2)[C@H](OCc2ccccc2)[C@H]1OCc1ccccc1. The molecular weight excluding hydrogens is 696 g/mol. The third kappa shape index (κ3) is 17.7. The fraction of sp³-hybridized carbons (Fsp3) is 0.587. The molecule has 0 amide bonds. The van der Waals surface area contributed by atoms with Crippen molar-refractivity contribution >= 4 is 5.97 Å². The van der Waals surface area contributed by atoms with Crippen LogP contribution in [-0.2, 0) is 53.0 Å². The number of unbranched alkanes of at least 4 members (excludes halogenated alkanes) is 12. The first kappa shape index (κ1) is 44.6. The summed E-state index contributed by atoms with van der Waals surface area (Å²) in [5, 5.41) is 21.3. The van der Waals surface area contributed by atoms with Gasteiger partial charge in [0.15, 0.2) is 6.29 Å². The Kier molecular flexibility index (Phi) is 22.2. The molecule has 0 aliphatic carbocycles. The van der Waals surface area contributed by atoms with Crippen molar-refractivity contribution in [1.29, 1.82) is 0 Å². The molecule has 0 spiro atoms. The summed E-state index contributed by atoms with van der Waals surface area (Å²) in [6.45, 7) is 2.32. The van der Waals surface area contributed by atoms with Gasteiger partial charge in [-0.1, -0.05) is 175 Å². The van der Waals surface area contributed by atoms with Gasteiger partial charge in [0.2, 0.25) is 0 Å². The van der Waals surface area contributed by atoms with E-state index in [-0.39, 0.29) is 45.6 Å². The molecule has 1 saturated heterocycles. The number of aliphatic hydroxyl groups excluding tert-OH is 2. The molecule has 9 heteroatoms. The molecule has 0 bridgehead atoms. The summed E-state index contributed by atoms with van der Waals surface area (Å²) in [6.07, 6.45) is 11.3. The lowest BCUT2D eigenvalue weighted by molar-refractivity contribution is -0.329. The third-order valence-electron chi connectivity index (χ3n) is 10.0. The molecule has 55 heavy (non-hydrogen) atoms. The van der Waals surface area contributed by atoms with E-state index in [4.69, 9.17) is 28.4 Å². The highest BCUT2D eigenvalue weighted by atomic mass is 16.7. The normalized spacial score (nSPS) is 20.3. The van der Waals surface area contributed by atoms with E-state index in [1.54, 1.807) is 0 Å². The summed E-state index contributed by atoms with van der Waals surface area (Å²) in [7, 11) is 0. The summed E-state index contributed by atoms with van der Waals surface area (Å²) in [4.78, 5) is 12.5. The monoisotopic (exact) mass is 762 g/mol. The van der Waals surface area contributed by atoms with Crippen LogP contribution in [0.1, 0.15) is 114 Å². The van der Waals surface area contributed by atoms with Crippen LogP contribution in [0.15, 0.2) is 91.0 Å². The standard InChI is InChI=1S/C46H66O9/c1-2-3-4-5-6-7-8-9-10-11-12-13-23-30-42(49)50-35-40(48)36-54-46-45(53-34-39-28-21-16-22-29-39)44(52-33-38-26-19-15-20-27-38)43(41(31-47)55-46)51-32-37-24-17-14-18-25-37/h14-22,24-29,40-41,43-48H,2-13,23,30-36H2,1H3/t40-,41-,43-,44+,45-,46+/m1/s1. The minimum atomic E-state index is -1.09. The number of benzene rings is 3. The lowest BCUT2D eigenvalue weighted by Crippen LogP contribution is -2.61. The van der Waals surface area contributed by atoms with Gasteiger partial charge in [-0.25, -0.2) is 0 Å². The van der Waals surface area contributed by atoms with Crippen LogP contribution in [0.5, 0.6) is 0 Å². The Balaban J connectivity index is 1.27. The lowest BCUT2D eigenvalue weighted by Gasteiger charge is -2.45. The van der Waals surface area contributed by atoms with E-state index in [1.165, 1.54) is 64.2 Å². The van der Waals surface area contributed by atoms with Gasteiger partial charge in [0.05, 0.1) is 33.0 Å². The molecule has 9 nitrogen and oxygen atoms in total. The van der Waals surface area contributed by atoms with Crippen molar-refractivity contribution in [2.45, 2.75) is 153 Å². The van der Waals surface area contributed by atoms with Gasteiger partial charge < -0.3 is 38.6 Å². The predicted octanol–water partition coefficient (Wildman–Crippen LogP) is 8.86. The van der Waals surface area contributed by atoms with Crippen LogP contribution in [0.4, 0.5) is 0 Å². The van der Waals surface area contributed by atoms with Gasteiger partial charge >= 0.3 is 5.97 Å². The Hall–Kier alpha value is -3.15. The molecule has 0 unspecified atom stereocenters. The van der Waals surface area contributed by atoms with Crippen LogP contribution < -0.4 is 0 Å². The number of hydrogen-bond donors (Lipinski definition) is 2. The molecule has 0 saturated carbocycles. The van der Waals surface area contributed by atoms with Gasteiger partial charge in [0.25, 0.3) is 0 Å². The number of esters is 1. The van der Waals surface area contributed by atoms with Gasteiger partial charge in [0, 0.05) is 6.42 Å². The minimum Gasteiger partial charge on any atom is -0.463 e. The summed E-state index contributed by atoms with van der Waals surface area (Å²) >= 11 is 0. The van der Waals surface area contributed by atoms with Crippen LogP contribution >= 0.6 is 0 Å². The predicted molar refractivity (Wildman–Crippen MR) is 214 cm³/mol. The van der Waals surface area contributed by atoms with Crippen molar-refractivity contribution in [2.75, 3.05) is 19.8 Å². The lowest BCUT2D eigenvalue weighted by atomic mass is 9.98. The Morgan fingerprint density at radius 1 is 0.582 bits per heavy atom. The number of ether oxygens (including phenoxy) is 6. The molecule has 6 atom stereocenters. The van der Waals surface area contributed by atoms with E-state index < -0.39 is 36.8 Å². The highest BCUT2D eigenvalue weighted by Crippen LogP contribution is 2.31. The van der Waals surface area contributed by atoms with Crippen molar-refractivity contribution in [2.24, 2.45) is 0 Å². The minimum absolute atomic E-state index is 0.180.